The van der Waals surface area contributed by atoms with Gasteiger partial charge in [-0.05, 0) is 53.6 Å². The molecule has 0 saturated carbocycles. The molecule has 0 saturated heterocycles. The highest BCUT2D eigenvalue weighted by Crippen LogP contribution is 2.38. The van der Waals surface area contributed by atoms with Crippen LogP contribution in [0.2, 0.25) is 5.02 Å². The molecule has 1 unspecified atom stereocenters. The van der Waals surface area contributed by atoms with Crippen LogP contribution >= 0.6 is 23.4 Å². The molecule has 1 aromatic heterocycles. The molecule has 1 atom stereocenters. The number of nitrogens with zero attached hydrogens (tertiary/aromatic N) is 7. The Hall–Kier alpha value is -6.46. The molecule has 4 aromatic carbocycles. The first kappa shape index (κ1) is 32.5. The van der Waals surface area contributed by atoms with E-state index in [4.69, 9.17) is 11.6 Å². The lowest BCUT2D eigenvalue weighted by molar-refractivity contribution is -0.385. The van der Waals surface area contributed by atoms with Crippen LogP contribution in [0.15, 0.2) is 108 Å². The van der Waals surface area contributed by atoms with Crippen molar-refractivity contribution in [3.8, 4) is 0 Å². The van der Waals surface area contributed by atoms with Crippen LogP contribution in [0.1, 0.15) is 16.4 Å². The lowest BCUT2D eigenvalue weighted by Gasteiger charge is -2.24. The van der Waals surface area contributed by atoms with Gasteiger partial charge in [0.25, 0.3) is 23.0 Å². The number of halogens is 1. The summed E-state index contributed by atoms with van der Waals surface area (Å²) >= 11 is 7.47. The summed E-state index contributed by atoms with van der Waals surface area (Å²) in [7, 11) is 0. The lowest BCUT2D eigenvalue weighted by atomic mass is 10.1. The minimum absolute atomic E-state index is 0.0241. The maximum Gasteiger partial charge on any atom is 0.271 e. The summed E-state index contributed by atoms with van der Waals surface area (Å²) in [5, 5.41) is 43.7. The van der Waals surface area contributed by atoms with Crippen molar-refractivity contribution in [2.45, 2.75) is 5.25 Å². The highest BCUT2D eigenvalue weighted by atomic mass is 35.5. The number of aliphatic imine (C=N–C) groups is 1. The molecule has 0 fully saturated rings. The molecule has 5 aromatic rings. The van der Waals surface area contributed by atoms with Gasteiger partial charge >= 0.3 is 0 Å². The van der Waals surface area contributed by atoms with Crippen molar-refractivity contribution in [1.82, 2.24) is 20.3 Å². The Bertz CT molecular complexity index is 2070. The Morgan fingerprint density at radius 2 is 1.27 bits per heavy atom. The topological polar surface area (TPSA) is 217 Å². The van der Waals surface area contributed by atoms with E-state index in [1.807, 2.05) is 18.2 Å². The molecule has 244 valence electrons. The smallest absolute Gasteiger partial charge is 0.271 e. The van der Waals surface area contributed by atoms with Crippen LogP contribution < -0.4 is 16.0 Å². The predicted octanol–water partition coefficient (Wildman–Crippen LogP) is 7.84. The second-order valence-corrected chi connectivity index (χ2v) is 11.7. The first-order valence-corrected chi connectivity index (χ1v) is 15.4. The van der Waals surface area contributed by atoms with Gasteiger partial charge in [-0.3, -0.25) is 30.3 Å². The molecular weight excluding hydrogens is 676 g/mol. The van der Waals surface area contributed by atoms with Crippen molar-refractivity contribution in [1.29, 1.82) is 0 Å². The summed E-state index contributed by atoms with van der Waals surface area (Å²) in [4.78, 5) is 50.2. The number of non-ortho nitro benzene ring substituents is 3. The van der Waals surface area contributed by atoms with E-state index in [0.29, 0.717) is 32.8 Å². The number of anilines is 4. The van der Waals surface area contributed by atoms with Gasteiger partial charge < -0.3 is 16.0 Å². The zero-order valence-electron chi connectivity index (χ0n) is 24.8. The van der Waals surface area contributed by atoms with Crippen molar-refractivity contribution < 1.29 is 14.8 Å². The fraction of sp³-hybridized carbons (Fsp3) is 0.0323. The van der Waals surface area contributed by atoms with Gasteiger partial charge in [0.15, 0.2) is 5.17 Å². The van der Waals surface area contributed by atoms with E-state index in [0.717, 1.165) is 5.56 Å². The SMILES string of the molecule is O=[N+]([O-])c1ccc(C2=CC(c3ccc(Cl)cc3)S/C(=N\c3nc(Nc4cccc([N+](=O)[O-])c4)nc(Nc4cccc([N+](=O)[O-])c4)n3)N2)cc1. The Balaban J connectivity index is 1.39. The van der Waals surface area contributed by atoms with Crippen molar-refractivity contribution >= 4 is 80.5 Å². The van der Waals surface area contributed by atoms with E-state index in [-0.39, 0.29) is 40.2 Å². The van der Waals surface area contributed by atoms with Crippen LogP contribution in [0.5, 0.6) is 0 Å². The van der Waals surface area contributed by atoms with Crippen LogP contribution in [0.25, 0.3) is 5.70 Å². The third kappa shape index (κ3) is 8.10. The van der Waals surface area contributed by atoms with Gasteiger partial charge in [-0.25, -0.2) is 0 Å². The number of thioether (sulfide) groups is 1. The number of nitro groups is 3. The standard InChI is InChI=1S/C31H21ClN10O6S/c32-20-11-7-19(8-12-20)27-17-26(18-9-13-23(14-10-18)40(43)44)35-31(49-27)39-30-37-28(33-21-3-1-5-24(15-21)41(45)46)36-29(38-30)34-22-4-2-6-25(16-22)42(47)48/h1-17,27H,(H3,33,34,35,36,37,38,39). The normalized spacial score (nSPS) is 14.8. The van der Waals surface area contributed by atoms with Gasteiger partial charge in [0, 0.05) is 58.5 Å². The lowest BCUT2D eigenvalue weighted by Crippen LogP contribution is -2.24. The molecule has 16 nitrogen and oxygen atoms in total. The number of nitrogens with one attached hydrogen (secondary N) is 3. The Morgan fingerprint density at radius 1 is 0.714 bits per heavy atom. The summed E-state index contributed by atoms with van der Waals surface area (Å²) in [6.45, 7) is 0. The van der Waals surface area contributed by atoms with Crippen LogP contribution in [0.3, 0.4) is 0 Å². The quantitative estimate of drug-likeness (QED) is 0.0937. The molecular formula is C31H21ClN10O6S. The summed E-state index contributed by atoms with van der Waals surface area (Å²) in [5.41, 5.74) is 2.44. The average Bonchev–Trinajstić information content (AvgIpc) is 3.08. The Morgan fingerprint density at radius 3 is 1.80 bits per heavy atom. The van der Waals surface area contributed by atoms with E-state index in [9.17, 15) is 30.3 Å². The van der Waals surface area contributed by atoms with Crippen molar-refractivity contribution in [2.24, 2.45) is 4.99 Å². The fourth-order valence-corrected chi connectivity index (χ4v) is 5.73. The largest absolute Gasteiger partial charge is 0.334 e. The average molecular weight is 697 g/mol. The molecule has 0 radical (unpaired) electrons. The number of rotatable bonds is 10. The minimum atomic E-state index is -0.537. The first-order valence-electron chi connectivity index (χ1n) is 14.1. The first-order chi connectivity index (χ1) is 23.6. The number of nitro benzene ring substituents is 3. The Kier molecular flexibility index (Phi) is 9.36. The van der Waals surface area contributed by atoms with Crippen LogP contribution in [0, 0.1) is 30.3 Å². The molecule has 1 aliphatic heterocycles. The molecule has 6 rings (SSSR count). The third-order valence-corrected chi connectivity index (χ3v) is 8.17. The van der Waals surface area contributed by atoms with Gasteiger partial charge in [0.1, 0.15) is 0 Å². The van der Waals surface area contributed by atoms with Gasteiger partial charge in [-0.2, -0.15) is 19.9 Å². The van der Waals surface area contributed by atoms with Crippen molar-refractivity contribution in [2.75, 3.05) is 10.6 Å². The van der Waals surface area contributed by atoms with Crippen LogP contribution in [0.4, 0.5) is 46.3 Å². The number of amidine groups is 1. The second kappa shape index (κ2) is 14.1. The molecule has 0 aliphatic carbocycles. The monoisotopic (exact) mass is 696 g/mol. The molecule has 0 spiro atoms. The molecule has 18 heteroatoms. The highest BCUT2D eigenvalue weighted by molar-refractivity contribution is 8.14. The molecule has 3 N–H and O–H groups in total. The molecule has 49 heavy (non-hydrogen) atoms. The second-order valence-electron chi connectivity index (χ2n) is 10.2. The number of benzene rings is 4. The van der Waals surface area contributed by atoms with Gasteiger partial charge in [0.05, 0.1) is 20.0 Å². The van der Waals surface area contributed by atoms with E-state index < -0.39 is 14.8 Å². The zero-order valence-corrected chi connectivity index (χ0v) is 26.3. The third-order valence-electron chi connectivity index (χ3n) is 6.84. The summed E-state index contributed by atoms with van der Waals surface area (Å²) in [5.74, 6) is -0.126. The van der Waals surface area contributed by atoms with Crippen molar-refractivity contribution in [3.63, 3.8) is 0 Å². The maximum absolute atomic E-state index is 11.3. The van der Waals surface area contributed by atoms with E-state index >= 15 is 0 Å². The molecule has 0 bridgehead atoms. The number of hydrogen-bond donors (Lipinski definition) is 3. The van der Waals surface area contributed by atoms with Crippen LogP contribution in [-0.2, 0) is 0 Å². The maximum atomic E-state index is 11.3. The molecule has 0 amide bonds. The van der Waals surface area contributed by atoms with Crippen LogP contribution in [-0.4, -0.2) is 34.9 Å². The van der Waals surface area contributed by atoms with E-state index in [1.165, 1.54) is 60.3 Å². The van der Waals surface area contributed by atoms with Gasteiger partial charge in [-0.15, -0.1) is 0 Å². The number of hydrogen-bond acceptors (Lipinski definition) is 13. The summed E-state index contributed by atoms with van der Waals surface area (Å²) in [6.07, 6.45) is 1.95. The van der Waals surface area contributed by atoms with E-state index in [1.54, 1.807) is 36.4 Å². The van der Waals surface area contributed by atoms with E-state index in [2.05, 4.69) is 35.9 Å². The molecule has 2 heterocycles. The minimum Gasteiger partial charge on any atom is -0.334 e. The zero-order chi connectivity index (χ0) is 34.5. The van der Waals surface area contributed by atoms with Crippen molar-refractivity contribution in [3.05, 3.63) is 150 Å². The Labute approximate surface area is 285 Å². The summed E-state index contributed by atoms with van der Waals surface area (Å²) < 4.78 is 0. The number of aromatic nitrogens is 3. The highest BCUT2D eigenvalue weighted by Gasteiger charge is 2.23. The van der Waals surface area contributed by atoms with Gasteiger partial charge in [0.2, 0.25) is 11.9 Å². The predicted molar refractivity (Wildman–Crippen MR) is 186 cm³/mol. The summed E-state index contributed by atoms with van der Waals surface area (Å²) in [6, 6.07) is 24.8. The fourth-order valence-electron chi connectivity index (χ4n) is 4.56. The van der Waals surface area contributed by atoms with Gasteiger partial charge in [-0.1, -0.05) is 47.6 Å². The molecule has 1 aliphatic rings.